The predicted octanol–water partition coefficient (Wildman–Crippen LogP) is 9.07. The molecule has 0 amide bonds. The van der Waals surface area contributed by atoms with Crippen LogP contribution in [0.3, 0.4) is 0 Å². The molecule has 5 aromatic rings. The molecule has 0 fully saturated rings. The maximum Gasteiger partial charge on any atom is 0.139 e. The van der Waals surface area contributed by atoms with E-state index in [1.54, 1.807) is 0 Å². The highest BCUT2D eigenvalue weighted by Crippen LogP contribution is 2.44. The lowest BCUT2D eigenvalue weighted by Gasteiger charge is -2.19. The Balaban J connectivity index is 2.01. The molecule has 0 bridgehead atoms. The summed E-state index contributed by atoms with van der Waals surface area (Å²) in [5.74, 6) is 0. The zero-order chi connectivity index (χ0) is 22.0. The molecular formula is C30H32O. The molecule has 5 rings (SSSR count). The molecule has 0 unspecified atom stereocenters. The average molecular weight is 409 g/mol. The van der Waals surface area contributed by atoms with E-state index in [1.165, 1.54) is 43.4 Å². The van der Waals surface area contributed by atoms with Gasteiger partial charge in [-0.2, -0.15) is 0 Å². The number of rotatable bonds is 2. The summed E-state index contributed by atoms with van der Waals surface area (Å²) in [4.78, 5) is 0. The minimum Gasteiger partial charge on any atom is -0.455 e. The van der Waals surface area contributed by atoms with Crippen molar-refractivity contribution in [3.8, 4) is 0 Å². The molecule has 0 saturated carbocycles. The number of benzene rings is 4. The maximum atomic E-state index is 6.82. The van der Waals surface area contributed by atoms with Crippen molar-refractivity contribution in [2.45, 2.75) is 54.4 Å². The van der Waals surface area contributed by atoms with Crippen molar-refractivity contribution in [3.05, 3.63) is 71.8 Å². The quantitative estimate of drug-likeness (QED) is 0.284. The van der Waals surface area contributed by atoms with Crippen LogP contribution in [0, 0.1) is 10.8 Å². The van der Waals surface area contributed by atoms with Gasteiger partial charge in [0.15, 0.2) is 0 Å². The smallest absolute Gasteiger partial charge is 0.139 e. The predicted molar refractivity (Wildman–Crippen MR) is 135 cm³/mol. The molecule has 0 aliphatic carbocycles. The first-order valence-electron chi connectivity index (χ1n) is 11.4. The summed E-state index contributed by atoms with van der Waals surface area (Å²) in [6, 6.07) is 22.2. The summed E-state index contributed by atoms with van der Waals surface area (Å²) in [5, 5.41) is 7.71. The molecule has 0 aliphatic heterocycles. The second kappa shape index (κ2) is 6.85. The van der Waals surface area contributed by atoms with E-state index in [-0.39, 0.29) is 10.8 Å². The average Bonchev–Trinajstić information content (AvgIpc) is 3.08. The second-order valence-electron chi connectivity index (χ2n) is 11.5. The van der Waals surface area contributed by atoms with Crippen molar-refractivity contribution in [2.75, 3.05) is 0 Å². The lowest BCUT2D eigenvalue weighted by molar-refractivity contribution is 0.408. The Kier molecular flexibility index (Phi) is 4.45. The van der Waals surface area contributed by atoms with Crippen LogP contribution in [0.2, 0.25) is 0 Å². The molecular weight excluding hydrogens is 376 g/mol. The molecule has 0 N–H and O–H groups in total. The minimum absolute atomic E-state index is 0.185. The molecule has 1 nitrogen and oxygen atoms in total. The fourth-order valence-electron chi connectivity index (χ4n) is 5.01. The van der Waals surface area contributed by atoms with E-state index in [2.05, 4.69) is 102 Å². The maximum absolute atomic E-state index is 6.82. The minimum atomic E-state index is 0.185. The first-order chi connectivity index (χ1) is 14.6. The molecule has 4 aromatic carbocycles. The standard InChI is InChI=1S/C30H32O/c1-29(2,3)17-21-15-19-11-7-9-13-23(19)25-26-24-14-10-8-12-20(24)16-22(18-30(4,5)6)28(26)31-27(21)25/h7-16H,17-18H2,1-6H3. The zero-order valence-electron chi connectivity index (χ0n) is 19.6. The molecule has 1 heteroatoms. The number of hydrogen-bond donors (Lipinski definition) is 0. The fourth-order valence-corrected chi connectivity index (χ4v) is 5.01. The van der Waals surface area contributed by atoms with E-state index >= 15 is 0 Å². The molecule has 0 spiro atoms. The topological polar surface area (TPSA) is 13.1 Å². The van der Waals surface area contributed by atoms with Crippen LogP contribution in [-0.2, 0) is 12.8 Å². The van der Waals surface area contributed by atoms with Gasteiger partial charge in [0.1, 0.15) is 11.2 Å². The van der Waals surface area contributed by atoms with Crippen LogP contribution in [0.25, 0.3) is 43.5 Å². The summed E-state index contributed by atoms with van der Waals surface area (Å²) in [6.45, 7) is 13.8. The summed E-state index contributed by atoms with van der Waals surface area (Å²) >= 11 is 0. The number of hydrogen-bond acceptors (Lipinski definition) is 1. The van der Waals surface area contributed by atoms with E-state index in [0.29, 0.717) is 0 Å². The van der Waals surface area contributed by atoms with Crippen molar-refractivity contribution in [1.29, 1.82) is 0 Å². The first kappa shape index (κ1) is 20.1. The van der Waals surface area contributed by atoms with Crippen LogP contribution >= 0.6 is 0 Å². The van der Waals surface area contributed by atoms with Gasteiger partial charge in [-0.05, 0) is 68.5 Å². The van der Waals surface area contributed by atoms with Crippen molar-refractivity contribution >= 4 is 43.5 Å². The zero-order valence-corrected chi connectivity index (χ0v) is 19.6. The van der Waals surface area contributed by atoms with Crippen molar-refractivity contribution in [3.63, 3.8) is 0 Å². The van der Waals surface area contributed by atoms with Gasteiger partial charge in [0, 0.05) is 10.8 Å². The lowest BCUT2D eigenvalue weighted by Crippen LogP contribution is -2.09. The monoisotopic (exact) mass is 408 g/mol. The van der Waals surface area contributed by atoms with Crippen molar-refractivity contribution in [1.82, 2.24) is 0 Å². The van der Waals surface area contributed by atoms with E-state index < -0.39 is 0 Å². The van der Waals surface area contributed by atoms with Gasteiger partial charge in [-0.15, -0.1) is 0 Å². The van der Waals surface area contributed by atoms with Gasteiger partial charge in [-0.3, -0.25) is 0 Å². The van der Waals surface area contributed by atoms with Gasteiger partial charge >= 0.3 is 0 Å². The first-order valence-corrected chi connectivity index (χ1v) is 11.4. The number of fused-ring (bicyclic) bond motifs is 7. The SMILES string of the molecule is CC(C)(C)Cc1cc2ccccc2c2c1oc1c(CC(C)(C)C)cc3ccccc3c12. The Hall–Kier alpha value is -2.80. The van der Waals surface area contributed by atoms with Crippen molar-refractivity contribution < 1.29 is 4.42 Å². The van der Waals surface area contributed by atoms with Crippen LogP contribution in [0.15, 0.2) is 65.1 Å². The van der Waals surface area contributed by atoms with Gasteiger partial charge in [-0.25, -0.2) is 0 Å². The molecule has 1 heterocycles. The van der Waals surface area contributed by atoms with Crippen LogP contribution in [0.4, 0.5) is 0 Å². The Morgan fingerprint density at radius 1 is 0.581 bits per heavy atom. The molecule has 158 valence electrons. The van der Waals surface area contributed by atoms with E-state index in [9.17, 15) is 0 Å². The highest BCUT2D eigenvalue weighted by atomic mass is 16.3. The third-order valence-corrected chi connectivity index (χ3v) is 6.05. The van der Waals surface area contributed by atoms with E-state index in [1.807, 2.05) is 0 Å². The number of furan rings is 1. The third-order valence-electron chi connectivity index (χ3n) is 6.05. The van der Waals surface area contributed by atoms with Crippen LogP contribution in [0.1, 0.15) is 52.7 Å². The van der Waals surface area contributed by atoms with Crippen molar-refractivity contribution in [2.24, 2.45) is 10.8 Å². The van der Waals surface area contributed by atoms with E-state index in [4.69, 9.17) is 4.42 Å². The third kappa shape index (κ3) is 3.61. The Morgan fingerprint density at radius 3 is 1.35 bits per heavy atom. The fraction of sp³-hybridized carbons (Fsp3) is 0.333. The molecule has 0 aliphatic rings. The highest BCUT2D eigenvalue weighted by Gasteiger charge is 2.23. The van der Waals surface area contributed by atoms with Gasteiger partial charge in [0.2, 0.25) is 0 Å². The van der Waals surface area contributed by atoms with Gasteiger partial charge in [-0.1, -0.05) is 90.1 Å². The molecule has 0 radical (unpaired) electrons. The van der Waals surface area contributed by atoms with E-state index in [0.717, 1.165) is 24.0 Å². The highest BCUT2D eigenvalue weighted by molar-refractivity contribution is 6.27. The molecule has 31 heavy (non-hydrogen) atoms. The lowest BCUT2D eigenvalue weighted by atomic mass is 9.85. The summed E-state index contributed by atoms with van der Waals surface area (Å²) in [5.41, 5.74) is 5.12. The summed E-state index contributed by atoms with van der Waals surface area (Å²) in [6.07, 6.45) is 1.97. The summed E-state index contributed by atoms with van der Waals surface area (Å²) in [7, 11) is 0. The Bertz CT molecular complexity index is 1320. The van der Waals surface area contributed by atoms with Gasteiger partial charge in [0.25, 0.3) is 0 Å². The van der Waals surface area contributed by atoms with Crippen LogP contribution in [0.5, 0.6) is 0 Å². The molecule has 0 saturated heterocycles. The van der Waals surface area contributed by atoms with Gasteiger partial charge in [0.05, 0.1) is 0 Å². The van der Waals surface area contributed by atoms with Gasteiger partial charge < -0.3 is 4.42 Å². The summed E-state index contributed by atoms with van der Waals surface area (Å²) < 4.78 is 6.82. The largest absolute Gasteiger partial charge is 0.455 e. The molecule has 1 aromatic heterocycles. The van der Waals surface area contributed by atoms with Crippen LogP contribution in [-0.4, -0.2) is 0 Å². The van der Waals surface area contributed by atoms with Crippen LogP contribution < -0.4 is 0 Å². The Labute approximate surface area is 185 Å². The molecule has 0 atom stereocenters. The normalized spacial score (nSPS) is 13.1. The second-order valence-corrected chi connectivity index (χ2v) is 11.5. The Morgan fingerprint density at radius 2 is 0.968 bits per heavy atom.